The van der Waals surface area contributed by atoms with E-state index >= 15 is 0 Å². The van der Waals surface area contributed by atoms with Gasteiger partial charge in [-0.2, -0.15) is 4.31 Å². The molecule has 2 aromatic carbocycles. The Bertz CT molecular complexity index is 1270. The molecule has 0 saturated carbocycles. The Balaban J connectivity index is 0.000000272. The van der Waals surface area contributed by atoms with Crippen LogP contribution in [-0.2, 0) is 27.8 Å². The third-order valence-corrected chi connectivity index (χ3v) is 7.67. The van der Waals surface area contributed by atoms with Gasteiger partial charge in [0.15, 0.2) is 0 Å². The Kier molecular flexibility index (Phi) is 10.6. The molecule has 0 atom stereocenters. The van der Waals surface area contributed by atoms with Gasteiger partial charge in [-0.15, -0.1) is 13.2 Å². The number of piperazine rings is 1. The monoisotopic (exact) mass is 565 g/mol. The summed E-state index contributed by atoms with van der Waals surface area (Å²) in [6.07, 6.45) is 2.91. The van der Waals surface area contributed by atoms with Crippen molar-refractivity contribution in [1.29, 1.82) is 0 Å². The number of hydrogen-bond acceptors (Lipinski definition) is 7. The quantitative estimate of drug-likeness (QED) is 0.394. The van der Waals surface area contributed by atoms with E-state index < -0.39 is 22.1 Å². The van der Waals surface area contributed by atoms with E-state index in [1.807, 2.05) is 4.90 Å². The molecule has 39 heavy (non-hydrogen) atoms. The second-order valence-corrected chi connectivity index (χ2v) is 10.5. The number of nitrogens with zero attached hydrogens (tertiary/aromatic N) is 4. The van der Waals surface area contributed by atoms with Crippen LogP contribution in [0.5, 0.6) is 5.75 Å². The predicted octanol–water partition coefficient (Wildman–Crippen LogP) is 3.77. The number of hydrogen-bond donors (Lipinski definition) is 1. The van der Waals surface area contributed by atoms with E-state index in [9.17, 15) is 26.4 Å². The first-order valence-corrected chi connectivity index (χ1v) is 13.7. The van der Waals surface area contributed by atoms with Crippen molar-refractivity contribution < 1.29 is 31.1 Å². The fraction of sp³-hybridized carbons (Fsp3) is 0.346. The van der Waals surface area contributed by atoms with Crippen LogP contribution in [0.15, 0.2) is 72.0 Å². The van der Waals surface area contributed by atoms with Crippen molar-refractivity contribution in [2.75, 3.05) is 31.1 Å². The lowest BCUT2D eigenvalue weighted by molar-refractivity contribution is -0.274. The highest BCUT2D eigenvalue weighted by Crippen LogP contribution is 2.26. The largest absolute Gasteiger partial charge is 0.573 e. The molecule has 1 fully saturated rings. The summed E-state index contributed by atoms with van der Waals surface area (Å²) < 4.78 is 66.9. The molecule has 1 amide bonds. The van der Waals surface area contributed by atoms with Crippen molar-refractivity contribution in [3.05, 3.63) is 78.2 Å². The summed E-state index contributed by atoms with van der Waals surface area (Å²) in [5, 5.41) is 2.64. The highest BCUT2D eigenvalue weighted by molar-refractivity contribution is 7.89. The Labute approximate surface area is 225 Å². The molecular formula is C26H30F3N5O4S. The molecule has 0 radical (unpaired) electrons. The SMILES string of the molecule is CCCc1ccc(CNC=O)cc1.O=S(=O)(c1ccc(OC(F)(F)F)cc1)N1CCN(c2cnccn2)CC1. The molecular weight excluding hydrogens is 535 g/mol. The second-order valence-electron chi connectivity index (χ2n) is 8.54. The maximum Gasteiger partial charge on any atom is 0.573 e. The van der Waals surface area contributed by atoms with E-state index in [0.717, 1.165) is 42.7 Å². The number of aromatic nitrogens is 2. The Morgan fingerprint density at radius 2 is 1.62 bits per heavy atom. The summed E-state index contributed by atoms with van der Waals surface area (Å²) in [5.74, 6) is 0.196. The van der Waals surface area contributed by atoms with Gasteiger partial charge in [0, 0.05) is 45.1 Å². The molecule has 0 spiro atoms. The first-order valence-electron chi connectivity index (χ1n) is 12.2. The van der Waals surface area contributed by atoms with Crippen LogP contribution in [0.2, 0.25) is 0 Å². The summed E-state index contributed by atoms with van der Waals surface area (Å²) in [7, 11) is -3.79. The fourth-order valence-corrected chi connectivity index (χ4v) is 5.27. The predicted molar refractivity (Wildman–Crippen MR) is 139 cm³/mol. The van der Waals surface area contributed by atoms with E-state index in [1.165, 1.54) is 16.3 Å². The topological polar surface area (TPSA) is 105 Å². The number of ether oxygens (including phenoxy) is 1. The van der Waals surface area contributed by atoms with Crippen LogP contribution in [0.4, 0.5) is 19.0 Å². The zero-order valence-electron chi connectivity index (χ0n) is 21.3. The molecule has 9 nitrogen and oxygen atoms in total. The van der Waals surface area contributed by atoms with Gasteiger partial charge in [0.25, 0.3) is 0 Å². The maximum atomic E-state index is 12.6. The van der Waals surface area contributed by atoms with Crippen LogP contribution in [0.3, 0.4) is 0 Å². The number of rotatable bonds is 9. The number of amides is 1. The molecule has 4 rings (SSSR count). The molecule has 0 bridgehead atoms. The highest BCUT2D eigenvalue weighted by Gasteiger charge is 2.32. The number of aryl methyl sites for hydroxylation is 1. The van der Waals surface area contributed by atoms with Gasteiger partial charge >= 0.3 is 6.36 Å². The third-order valence-electron chi connectivity index (χ3n) is 5.76. The smallest absolute Gasteiger partial charge is 0.406 e. The fourth-order valence-electron chi connectivity index (χ4n) is 3.85. The van der Waals surface area contributed by atoms with E-state index in [-0.39, 0.29) is 18.0 Å². The number of carbonyl (C=O) groups excluding carboxylic acids is 1. The van der Waals surface area contributed by atoms with Gasteiger partial charge in [0.2, 0.25) is 16.4 Å². The van der Waals surface area contributed by atoms with Crippen molar-refractivity contribution in [2.45, 2.75) is 37.6 Å². The number of carbonyl (C=O) groups is 1. The summed E-state index contributed by atoms with van der Waals surface area (Å²) in [5.41, 5.74) is 2.50. The van der Waals surface area contributed by atoms with E-state index in [2.05, 4.69) is 51.2 Å². The zero-order valence-corrected chi connectivity index (χ0v) is 22.2. The molecule has 13 heteroatoms. The number of anilines is 1. The average molecular weight is 566 g/mol. The second kappa shape index (κ2) is 13.9. The summed E-state index contributed by atoms with van der Waals surface area (Å²) >= 11 is 0. The number of benzene rings is 2. The van der Waals surface area contributed by atoms with Crippen LogP contribution in [0, 0.1) is 0 Å². The minimum absolute atomic E-state index is 0.0834. The molecule has 2 heterocycles. The summed E-state index contributed by atoms with van der Waals surface area (Å²) in [4.78, 5) is 20.0. The lowest BCUT2D eigenvalue weighted by Crippen LogP contribution is -2.48. The van der Waals surface area contributed by atoms with Crippen LogP contribution in [0.25, 0.3) is 0 Å². The van der Waals surface area contributed by atoms with Gasteiger partial charge in [-0.05, 0) is 41.8 Å². The van der Waals surface area contributed by atoms with Crippen LogP contribution in [0.1, 0.15) is 24.5 Å². The molecule has 0 unspecified atom stereocenters. The Hall–Kier alpha value is -3.71. The molecule has 3 aromatic rings. The standard InChI is InChI=1S/C15H15F3N4O3S.C11H15NO/c16-15(17,18)25-12-1-3-13(4-2-12)26(23,24)22-9-7-21(8-10-22)14-11-19-5-6-20-14;1-2-3-10-4-6-11(7-5-10)8-12-9-13/h1-6,11H,7-10H2;4-7,9H,2-3,8H2,1H3,(H,12,13). The Morgan fingerprint density at radius 3 is 2.15 bits per heavy atom. The maximum absolute atomic E-state index is 12.6. The van der Waals surface area contributed by atoms with Crippen molar-refractivity contribution in [1.82, 2.24) is 19.6 Å². The highest BCUT2D eigenvalue weighted by atomic mass is 32.2. The van der Waals surface area contributed by atoms with Crippen molar-refractivity contribution in [3.8, 4) is 5.75 Å². The normalized spacial score (nSPS) is 14.2. The van der Waals surface area contributed by atoms with Crippen LogP contribution in [-0.4, -0.2) is 61.6 Å². The number of halogens is 3. The van der Waals surface area contributed by atoms with E-state index in [0.29, 0.717) is 25.5 Å². The molecule has 0 aliphatic carbocycles. The number of alkyl halides is 3. The van der Waals surface area contributed by atoms with E-state index in [4.69, 9.17) is 0 Å². The number of sulfonamides is 1. The van der Waals surface area contributed by atoms with Gasteiger partial charge in [-0.3, -0.25) is 9.78 Å². The van der Waals surface area contributed by atoms with Crippen LogP contribution < -0.4 is 15.0 Å². The minimum Gasteiger partial charge on any atom is -0.406 e. The number of nitrogens with one attached hydrogen (secondary N) is 1. The molecule has 1 aliphatic heterocycles. The molecule has 1 aliphatic rings. The van der Waals surface area contributed by atoms with Gasteiger partial charge in [-0.1, -0.05) is 37.6 Å². The van der Waals surface area contributed by atoms with Gasteiger partial charge in [-0.25, -0.2) is 13.4 Å². The summed E-state index contributed by atoms with van der Waals surface area (Å²) in [6, 6.07) is 12.5. The first kappa shape index (κ1) is 29.8. The van der Waals surface area contributed by atoms with Gasteiger partial charge in [0.1, 0.15) is 11.6 Å². The average Bonchev–Trinajstić information content (AvgIpc) is 2.93. The molecule has 1 saturated heterocycles. The van der Waals surface area contributed by atoms with Crippen molar-refractivity contribution >= 4 is 22.3 Å². The van der Waals surface area contributed by atoms with Crippen molar-refractivity contribution in [3.63, 3.8) is 0 Å². The first-order chi connectivity index (χ1) is 18.6. The Morgan fingerprint density at radius 1 is 0.974 bits per heavy atom. The minimum atomic E-state index is -4.82. The van der Waals surface area contributed by atoms with Gasteiger partial charge < -0.3 is 15.0 Å². The lowest BCUT2D eigenvalue weighted by atomic mass is 10.1. The van der Waals surface area contributed by atoms with Gasteiger partial charge in [0.05, 0.1) is 11.1 Å². The molecule has 1 aromatic heterocycles. The van der Waals surface area contributed by atoms with E-state index in [1.54, 1.807) is 18.6 Å². The molecule has 210 valence electrons. The summed E-state index contributed by atoms with van der Waals surface area (Å²) in [6.45, 7) is 4.14. The van der Waals surface area contributed by atoms with Crippen molar-refractivity contribution in [2.24, 2.45) is 0 Å². The van der Waals surface area contributed by atoms with Crippen LogP contribution >= 0.6 is 0 Å². The zero-order chi connectivity index (χ0) is 28.3. The lowest BCUT2D eigenvalue weighted by Gasteiger charge is -2.34. The third kappa shape index (κ3) is 9.21. The molecule has 1 N–H and O–H groups in total.